The van der Waals surface area contributed by atoms with E-state index in [0.29, 0.717) is 6.04 Å². The van der Waals surface area contributed by atoms with Crippen molar-refractivity contribution < 1.29 is 0 Å². The van der Waals surface area contributed by atoms with E-state index < -0.39 is 0 Å². The fourth-order valence-corrected chi connectivity index (χ4v) is 3.00. The second kappa shape index (κ2) is 8.67. The summed E-state index contributed by atoms with van der Waals surface area (Å²) in [6.45, 7) is 10.0. The second-order valence-corrected chi connectivity index (χ2v) is 7.20. The molecule has 4 heteroatoms. The quantitative estimate of drug-likeness (QED) is 0.635. The summed E-state index contributed by atoms with van der Waals surface area (Å²) in [6.07, 6.45) is 0. The minimum Gasteiger partial charge on any atom is -0.366 e. The average molecular weight is 361 g/mol. The van der Waals surface area contributed by atoms with Crippen molar-refractivity contribution >= 4 is 11.6 Å². The van der Waals surface area contributed by atoms with Gasteiger partial charge in [-0.1, -0.05) is 60.2 Å². The van der Waals surface area contributed by atoms with Gasteiger partial charge < -0.3 is 10.2 Å². The summed E-state index contributed by atoms with van der Waals surface area (Å²) >= 11 is 0. The molecule has 0 aliphatic heterocycles. The van der Waals surface area contributed by atoms with Gasteiger partial charge in [0.05, 0.1) is 0 Å². The van der Waals surface area contributed by atoms with Crippen molar-refractivity contribution in [2.45, 2.75) is 46.8 Å². The van der Waals surface area contributed by atoms with Crippen LogP contribution in [0.3, 0.4) is 0 Å². The summed E-state index contributed by atoms with van der Waals surface area (Å²) in [5.74, 6) is 2.59. The molecule has 0 saturated carbocycles. The molecule has 0 amide bonds. The number of hydrogen-bond acceptors (Lipinski definition) is 4. The number of benzene rings is 2. The molecule has 1 aromatic heterocycles. The first-order valence-corrected chi connectivity index (χ1v) is 9.47. The first kappa shape index (κ1) is 18.9. The van der Waals surface area contributed by atoms with Crippen LogP contribution >= 0.6 is 0 Å². The Bertz CT molecular complexity index is 857. The Morgan fingerprint density at radius 1 is 0.889 bits per heavy atom. The molecule has 0 spiro atoms. The minimum atomic E-state index is 0.337. The number of nitrogens with zero attached hydrogens (tertiary/aromatic N) is 3. The van der Waals surface area contributed by atoms with Crippen LogP contribution in [0.1, 0.15) is 36.4 Å². The fourth-order valence-electron chi connectivity index (χ4n) is 3.00. The van der Waals surface area contributed by atoms with Crippen molar-refractivity contribution in [2.75, 3.05) is 10.2 Å². The number of rotatable bonds is 7. The Morgan fingerprint density at radius 2 is 1.59 bits per heavy atom. The van der Waals surface area contributed by atoms with Gasteiger partial charge in [0.1, 0.15) is 17.5 Å². The first-order valence-electron chi connectivity index (χ1n) is 9.47. The molecule has 4 nitrogen and oxygen atoms in total. The number of aromatic nitrogens is 2. The first-order chi connectivity index (χ1) is 13.0. The molecule has 3 rings (SSSR count). The van der Waals surface area contributed by atoms with Gasteiger partial charge in [0.2, 0.25) is 0 Å². The molecule has 1 heterocycles. The number of aryl methyl sites for hydroxylation is 2. The summed E-state index contributed by atoms with van der Waals surface area (Å²) in [7, 11) is 0. The normalized spacial score (nSPS) is 10.9. The zero-order chi connectivity index (χ0) is 19.2. The molecule has 0 fully saturated rings. The molecule has 0 aliphatic carbocycles. The Hall–Kier alpha value is -2.88. The van der Waals surface area contributed by atoms with E-state index in [0.717, 1.165) is 30.5 Å². The van der Waals surface area contributed by atoms with Gasteiger partial charge in [0, 0.05) is 25.2 Å². The monoisotopic (exact) mass is 360 g/mol. The van der Waals surface area contributed by atoms with Crippen LogP contribution in [-0.4, -0.2) is 16.0 Å². The molecule has 1 N–H and O–H groups in total. The Labute approximate surface area is 162 Å². The van der Waals surface area contributed by atoms with E-state index in [1.54, 1.807) is 0 Å². The van der Waals surface area contributed by atoms with E-state index in [9.17, 15) is 0 Å². The van der Waals surface area contributed by atoms with Crippen LogP contribution < -0.4 is 10.2 Å². The minimum absolute atomic E-state index is 0.337. The van der Waals surface area contributed by atoms with Crippen LogP contribution in [0.15, 0.2) is 60.7 Å². The van der Waals surface area contributed by atoms with Crippen LogP contribution in [0.5, 0.6) is 0 Å². The SMILES string of the molecule is Cc1ccc(CNc2cc(N(Cc3ccccc3)C(C)C)nc(C)n2)cc1. The molecule has 3 aromatic rings. The van der Waals surface area contributed by atoms with Crippen molar-refractivity contribution in [1.29, 1.82) is 0 Å². The summed E-state index contributed by atoms with van der Waals surface area (Å²) in [5, 5.41) is 3.44. The molecule has 27 heavy (non-hydrogen) atoms. The molecule has 0 saturated heterocycles. The van der Waals surface area contributed by atoms with Gasteiger partial charge in [-0.05, 0) is 38.8 Å². The van der Waals surface area contributed by atoms with E-state index >= 15 is 0 Å². The van der Waals surface area contributed by atoms with E-state index in [-0.39, 0.29) is 0 Å². The topological polar surface area (TPSA) is 41.0 Å². The maximum absolute atomic E-state index is 4.69. The maximum atomic E-state index is 4.69. The average Bonchev–Trinajstić information content (AvgIpc) is 2.66. The Balaban J connectivity index is 1.78. The standard InChI is InChI=1S/C23H28N4/c1-17(2)27(16-21-8-6-5-7-9-21)23-14-22(25-19(4)26-23)24-15-20-12-10-18(3)11-13-20/h5-14,17H,15-16H2,1-4H3,(H,24,25,26). The lowest BCUT2D eigenvalue weighted by Gasteiger charge is -2.28. The lowest BCUT2D eigenvalue weighted by molar-refractivity contribution is 0.669. The van der Waals surface area contributed by atoms with Crippen molar-refractivity contribution in [2.24, 2.45) is 0 Å². The smallest absolute Gasteiger partial charge is 0.134 e. The molecule has 0 unspecified atom stereocenters. The third-order valence-corrected chi connectivity index (χ3v) is 4.53. The highest BCUT2D eigenvalue weighted by Crippen LogP contribution is 2.21. The zero-order valence-electron chi connectivity index (χ0n) is 16.6. The molecule has 0 aliphatic rings. The summed E-state index contributed by atoms with van der Waals surface area (Å²) in [6, 6.07) is 21.4. The molecule has 0 atom stereocenters. The van der Waals surface area contributed by atoms with Gasteiger partial charge in [0.15, 0.2) is 0 Å². The molecule has 2 aromatic carbocycles. The van der Waals surface area contributed by atoms with Crippen LogP contribution in [0.4, 0.5) is 11.6 Å². The predicted molar refractivity (Wildman–Crippen MR) is 113 cm³/mol. The molecule has 0 radical (unpaired) electrons. The summed E-state index contributed by atoms with van der Waals surface area (Å²) in [5.41, 5.74) is 3.78. The van der Waals surface area contributed by atoms with Crippen molar-refractivity contribution in [3.8, 4) is 0 Å². The van der Waals surface area contributed by atoms with Gasteiger partial charge in [0.25, 0.3) is 0 Å². The van der Waals surface area contributed by atoms with Gasteiger partial charge in [-0.3, -0.25) is 0 Å². The van der Waals surface area contributed by atoms with Gasteiger partial charge >= 0.3 is 0 Å². The van der Waals surface area contributed by atoms with E-state index in [4.69, 9.17) is 4.98 Å². The second-order valence-electron chi connectivity index (χ2n) is 7.20. The molecule has 140 valence electrons. The zero-order valence-corrected chi connectivity index (χ0v) is 16.6. The van der Waals surface area contributed by atoms with Gasteiger partial charge in [-0.15, -0.1) is 0 Å². The number of hydrogen-bond donors (Lipinski definition) is 1. The Kier molecular flexibility index (Phi) is 6.07. The number of anilines is 2. The summed E-state index contributed by atoms with van der Waals surface area (Å²) in [4.78, 5) is 11.6. The summed E-state index contributed by atoms with van der Waals surface area (Å²) < 4.78 is 0. The Morgan fingerprint density at radius 3 is 2.26 bits per heavy atom. The molecule has 0 bridgehead atoms. The lowest BCUT2D eigenvalue weighted by Crippen LogP contribution is -2.31. The van der Waals surface area contributed by atoms with Crippen molar-refractivity contribution in [3.63, 3.8) is 0 Å². The van der Waals surface area contributed by atoms with Crippen LogP contribution in [-0.2, 0) is 13.1 Å². The molecular formula is C23H28N4. The van der Waals surface area contributed by atoms with E-state index in [2.05, 4.69) is 84.5 Å². The highest BCUT2D eigenvalue weighted by atomic mass is 15.2. The van der Waals surface area contributed by atoms with Crippen LogP contribution in [0, 0.1) is 13.8 Å². The molecular weight excluding hydrogens is 332 g/mol. The third kappa shape index (κ3) is 5.30. The lowest BCUT2D eigenvalue weighted by atomic mass is 10.1. The van der Waals surface area contributed by atoms with Crippen LogP contribution in [0.2, 0.25) is 0 Å². The highest BCUT2D eigenvalue weighted by Gasteiger charge is 2.14. The fraction of sp³-hybridized carbons (Fsp3) is 0.304. The van der Waals surface area contributed by atoms with Crippen molar-refractivity contribution in [3.05, 3.63) is 83.2 Å². The highest BCUT2D eigenvalue weighted by molar-refractivity contribution is 5.50. The van der Waals surface area contributed by atoms with E-state index in [1.807, 2.05) is 19.1 Å². The van der Waals surface area contributed by atoms with Crippen LogP contribution in [0.25, 0.3) is 0 Å². The number of nitrogens with one attached hydrogen (secondary N) is 1. The largest absolute Gasteiger partial charge is 0.366 e. The van der Waals surface area contributed by atoms with E-state index in [1.165, 1.54) is 16.7 Å². The van der Waals surface area contributed by atoms with Gasteiger partial charge in [-0.25, -0.2) is 9.97 Å². The third-order valence-electron chi connectivity index (χ3n) is 4.53. The van der Waals surface area contributed by atoms with Crippen molar-refractivity contribution in [1.82, 2.24) is 9.97 Å². The maximum Gasteiger partial charge on any atom is 0.134 e. The van der Waals surface area contributed by atoms with Gasteiger partial charge in [-0.2, -0.15) is 0 Å². The predicted octanol–water partition coefficient (Wildman–Crippen LogP) is 5.12.